The van der Waals surface area contributed by atoms with E-state index < -0.39 is 29.5 Å². The van der Waals surface area contributed by atoms with Gasteiger partial charge in [-0.3, -0.25) is 14.8 Å². The van der Waals surface area contributed by atoms with Crippen LogP contribution in [0, 0.1) is 11.2 Å². The SMILES string of the molecule is CCOC(=O)C1=C(CN2CCOC3CN(CC(C)(C)C(O)O)CC32)NC(c2nccs2)=NC1c1ccc(F)cc1Cl. The van der Waals surface area contributed by atoms with Crippen LogP contribution in [0.5, 0.6) is 0 Å². The van der Waals surface area contributed by atoms with Gasteiger partial charge in [0.25, 0.3) is 0 Å². The quantitative estimate of drug-likeness (QED) is 0.292. The molecule has 13 heteroatoms. The van der Waals surface area contributed by atoms with Gasteiger partial charge in [0.2, 0.25) is 0 Å². The van der Waals surface area contributed by atoms with Crippen LogP contribution in [0.25, 0.3) is 0 Å². The zero-order valence-corrected chi connectivity index (χ0v) is 24.8. The molecule has 41 heavy (non-hydrogen) atoms. The molecule has 5 rings (SSSR count). The molecule has 0 spiro atoms. The number of aliphatic imine (C=N–C) groups is 1. The highest BCUT2D eigenvalue weighted by atomic mass is 35.5. The van der Waals surface area contributed by atoms with Crippen molar-refractivity contribution in [3.63, 3.8) is 0 Å². The van der Waals surface area contributed by atoms with Crippen LogP contribution in [0.2, 0.25) is 5.02 Å². The summed E-state index contributed by atoms with van der Waals surface area (Å²) in [6.45, 7) is 8.90. The molecule has 3 aliphatic heterocycles. The van der Waals surface area contributed by atoms with Crippen molar-refractivity contribution in [2.24, 2.45) is 10.4 Å². The van der Waals surface area contributed by atoms with Gasteiger partial charge in [0.15, 0.2) is 17.1 Å². The summed E-state index contributed by atoms with van der Waals surface area (Å²) < 4.78 is 25.6. The molecule has 2 aromatic rings. The Bertz CT molecular complexity index is 1320. The molecule has 10 nitrogen and oxygen atoms in total. The van der Waals surface area contributed by atoms with E-state index in [1.807, 2.05) is 19.2 Å². The maximum Gasteiger partial charge on any atom is 0.338 e. The van der Waals surface area contributed by atoms with E-state index in [4.69, 9.17) is 26.1 Å². The number of carbonyl (C=O) groups excluding carboxylic acids is 1. The van der Waals surface area contributed by atoms with E-state index in [2.05, 4.69) is 20.1 Å². The molecule has 0 bridgehead atoms. The molecular weight excluding hydrogens is 573 g/mol. The number of thiazole rings is 1. The molecule has 1 aromatic heterocycles. The zero-order valence-electron chi connectivity index (χ0n) is 23.2. The van der Waals surface area contributed by atoms with E-state index in [0.29, 0.717) is 67.0 Å². The van der Waals surface area contributed by atoms with Crippen LogP contribution in [-0.2, 0) is 14.3 Å². The van der Waals surface area contributed by atoms with E-state index in [-0.39, 0.29) is 23.8 Å². The van der Waals surface area contributed by atoms with Gasteiger partial charge in [0.05, 0.1) is 30.9 Å². The normalized spacial score (nSPS) is 23.9. The summed E-state index contributed by atoms with van der Waals surface area (Å²) in [7, 11) is 0. The number of benzene rings is 1. The second kappa shape index (κ2) is 12.4. The van der Waals surface area contributed by atoms with Gasteiger partial charge >= 0.3 is 5.97 Å². The summed E-state index contributed by atoms with van der Waals surface area (Å²) in [4.78, 5) is 27.2. The smallest absolute Gasteiger partial charge is 0.338 e. The molecule has 3 unspecified atom stereocenters. The largest absolute Gasteiger partial charge is 0.463 e. The number of aromatic nitrogens is 1. The van der Waals surface area contributed by atoms with E-state index in [0.717, 1.165) is 0 Å². The van der Waals surface area contributed by atoms with Gasteiger partial charge in [0.1, 0.15) is 11.9 Å². The van der Waals surface area contributed by atoms with E-state index in [1.54, 1.807) is 19.2 Å². The predicted octanol–water partition coefficient (Wildman–Crippen LogP) is 2.57. The topological polar surface area (TPSA) is 120 Å². The van der Waals surface area contributed by atoms with E-state index in [9.17, 15) is 19.4 Å². The number of nitrogens with one attached hydrogen (secondary N) is 1. The number of likely N-dealkylation sites (tertiary alicyclic amines) is 1. The lowest BCUT2D eigenvalue weighted by molar-refractivity contribution is -0.139. The van der Waals surface area contributed by atoms with Crippen molar-refractivity contribution in [1.82, 2.24) is 20.1 Å². The first-order valence-corrected chi connectivity index (χ1v) is 14.9. The van der Waals surface area contributed by atoms with Gasteiger partial charge < -0.3 is 25.0 Å². The van der Waals surface area contributed by atoms with Crippen molar-refractivity contribution in [2.45, 2.75) is 45.2 Å². The van der Waals surface area contributed by atoms with Gasteiger partial charge in [-0.1, -0.05) is 31.5 Å². The number of hydrogen-bond donors (Lipinski definition) is 3. The molecule has 0 aliphatic carbocycles. The third-order valence-electron chi connectivity index (χ3n) is 7.70. The molecule has 222 valence electrons. The molecule has 0 saturated carbocycles. The molecular formula is C28H35ClFN5O5S. The van der Waals surface area contributed by atoms with Crippen molar-refractivity contribution >= 4 is 34.7 Å². The second-order valence-corrected chi connectivity index (χ2v) is 12.4. The van der Waals surface area contributed by atoms with Crippen molar-refractivity contribution in [3.8, 4) is 0 Å². The molecule has 4 heterocycles. The summed E-state index contributed by atoms with van der Waals surface area (Å²) in [6.07, 6.45) is 0.170. The number of halogens is 2. The lowest BCUT2D eigenvalue weighted by Crippen LogP contribution is -2.53. The number of ether oxygens (including phenoxy) is 2. The second-order valence-electron chi connectivity index (χ2n) is 11.1. The molecule has 2 fully saturated rings. The summed E-state index contributed by atoms with van der Waals surface area (Å²) in [5.41, 5.74) is 0.701. The molecule has 3 N–H and O–H groups in total. The first kappa shape index (κ1) is 30.0. The molecule has 1 aromatic carbocycles. The summed E-state index contributed by atoms with van der Waals surface area (Å²) in [5.74, 6) is -0.524. The van der Waals surface area contributed by atoms with Crippen LogP contribution in [0.4, 0.5) is 4.39 Å². The zero-order chi connectivity index (χ0) is 29.3. The van der Waals surface area contributed by atoms with E-state index in [1.165, 1.54) is 23.5 Å². The minimum Gasteiger partial charge on any atom is -0.463 e. The lowest BCUT2D eigenvalue weighted by Gasteiger charge is -2.39. The number of carbonyl (C=O) groups is 1. The van der Waals surface area contributed by atoms with Crippen molar-refractivity contribution in [2.75, 3.05) is 45.9 Å². The number of fused-ring (bicyclic) bond motifs is 1. The predicted molar refractivity (Wildman–Crippen MR) is 153 cm³/mol. The fraction of sp³-hybridized carbons (Fsp3) is 0.536. The Balaban J connectivity index is 1.50. The molecule has 0 radical (unpaired) electrons. The Labute approximate surface area is 247 Å². The van der Waals surface area contributed by atoms with Gasteiger partial charge in [-0.2, -0.15) is 0 Å². The van der Waals surface area contributed by atoms with Crippen molar-refractivity contribution < 1.29 is 28.9 Å². The summed E-state index contributed by atoms with van der Waals surface area (Å²) >= 11 is 7.91. The maximum atomic E-state index is 14.0. The number of rotatable bonds is 9. The van der Waals surface area contributed by atoms with Crippen LogP contribution < -0.4 is 5.32 Å². The Kier molecular flexibility index (Phi) is 9.10. The van der Waals surface area contributed by atoms with Crippen LogP contribution in [0.15, 0.2) is 46.0 Å². The first-order chi connectivity index (χ1) is 19.6. The Morgan fingerprint density at radius 3 is 2.85 bits per heavy atom. The number of aliphatic hydroxyl groups excluding tert-OH is 1. The van der Waals surface area contributed by atoms with Crippen molar-refractivity contribution in [1.29, 1.82) is 0 Å². The Hall–Kier alpha value is -2.45. The van der Waals surface area contributed by atoms with Crippen LogP contribution >= 0.6 is 22.9 Å². The number of aliphatic hydroxyl groups is 2. The number of hydrogen-bond acceptors (Lipinski definition) is 11. The molecule has 0 amide bonds. The molecule has 3 atom stereocenters. The highest BCUT2D eigenvalue weighted by Crippen LogP contribution is 2.37. The standard InChI is InChI=1S/C28H35ClFN5O5S/c1-4-39-26(36)22-19(12-35-8-9-40-21-14-34(13-20(21)35)15-28(2,3)27(37)38)32-24(25-31-7-10-41-25)33-23(22)17-6-5-16(30)11-18(17)29/h5-7,10-11,20-21,23,27,37-38H,4,8-9,12-15H2,1-3H3,(H,32,33). The average molecular weight is 608 g/mol. The van der Waals surface area contributed by atoms with Gasteiger partial charge in [0, 0.05) is 66.0 Å². The van der Waals surface area contributed by atoms with Crippen molar-refractivity contribution in [3.05, 3.63) is 62.5 Å². The minimum absolute atomic E-state index is 0.0168. The third kappa shape index (κ3) is 6.48. The van der Waals surface area contributed by atoms with E-state index >= 15 is 0 Å². The van der Waals surface area contributed by atoms with Crippen LogP contribution in [0.3, 0.4) is 0 Å². The third-order valence-corrected chi connectivity index (χ3v) is 8.80. The fourth-order valence-electron chi connectivity index (χ4n) is 5.59. The number of esters is 1. The van der Waals surface area contributed by atoms with Crippen LogP contribution in [0.1, 0.15) is 37.4 Å². The van der Waals surface area contributed by atoms with Gasteiger partial charge in [-0.15, -0.1) is 11.3 Å². The highest BCUT2D eigenvalue weighted by molar-refractivity contribution is 7.11. The molecule has 2 saturated heterocycles. The summed E-state index contributed by atoms with van der Waals surface area (Å²) in [6, 6.07) is 3.24. The summed E-state index contributed by atoms with van der Waals surface area (Å²) in [5, 5.41) is 25.7. The monoisotopic (exact) mass is 607 g/mol. The minimum atomic E-state index is -1.44. The Morgan fingerprint density at radius 2 is 2.17 bits per heavy atom. The molecule has 3 aliphatic rings. The van der Waals surface area contributed by atoms with Gasteiger partial charge in [-0.05, 0) is 19.1 Å². The first-order valence-electron chi connectivity index (χ1n) is 13.6. The number of nitrogens with zero attached hydrogens (tertiary/aromatic N) is 4. The highest BCUT2D eigenvalue weighted by Gasteiger charge is 2.43. The fourth-order valence-corrected chi connectivity index (χ4v) is 6.45. The van der Waals surface area contributed by atoms with Gasteiger partial charge in [-0.25, -0.2) is 14.2 Å². The number of amidine groups is 1. The Morgan fingerprint density at radius 1 is 1.37 bits per heavy atom. The number of morpholine rings is 1. The average Bonchev–Trinajstić information content (AvgIpc) is 3.59. The lowest BCUT2D eigenvalue weighted by atomic mass is 9.92. The van der Waals surface area contributed by atoms with Crippen LogP contribution in [-0.4, -0.2) is 101 Å². The maximum absolute atomic E-state index is 14.0.